The molecule has 0 saturated carbocycles. The summed E-state index contributed by atoms with van der Waals surface area (Å²) in [5, 5.41) is 0. The Balaban J connectivity index is 1.54. The van der Waals surface area contributed by atoms with Crippen molar-refractivity contribution in [1.82, 2.24) is 14.9 Å². The van der Waals surface area contributed by atoms with E-state index in [1.54, 1.807) is 0 Å². The van der Waals surface area contributed by atoms with Crippen LogP contribution in [0.5, 0.6) is 0 Å². The minimum absolute atomic E-state index is 0.0456. The second-order valence-electron chi connectivity index (χ2n) is 7.67. The SMILES string of the molecule is CC1CCCN(c2nc3c(c(=O)[nH]2)CN(Cc2c(F)cccc2F)CC3)C1. The molecule has 2 aromatic rings. The maximum atomic E-state index is 13.9. The van der Waals surface area contributed by atoms with E-state index < -0.39 is 11.6 Å². The van der Waals surface area contributed by atoms with Gasteiger partial charge in [0.1, 0.15) is 11.6 Å². The standard InChI is InChI=1S/C20H24F2N4O/c1-13-4-3-8-26(10-13)20-23-18-7-9-25(12-15(18)19(27)24-20)11-14-16(21)5-2-6-17(14)22/h2,5-6,13H,3-4,7-12H2,1H3,(H,23,24,27). The smallest absolute Gasteiger partial charge is 0.257 e. The van der Waals surface area contributed by atoms with Crippen LogP contribution in [0.15, 0.2) is 23.0 Å². The number of fused-ring (bicyclic) bond motifs is 1. The molecule has 0 aliphatic carbocycles. The van der Waals surface area contributed by atoms with Gasteiger partial charge in [-0.3, -0.25) is 14.7 Å². The zero-order valence-corrected chi connectivity index (χ0v) is 15.5. The lowest BCUT2D eigenvalue weighted by atomic mass is 10.0. The van der Waals surface area contributed by atoms with Crippen LogP contribution in [0, 0.1) is 17.6 Å². The normalized spacial score (nSPS) is 20.6. The third-order valence-corrected chi connectivity index (χ3v) is 5.54. The molecule has 1 atom stereocenters. The Hall–Kier alpha value is -2.28. The second-order valence-corrected chi connectivity index (χ2v) is 7.67. The van der Waals surface area contributed by atoms with Crippen LogP contribution in [-0.4, -0.2) is 34.5 Å². The first-order valence-corrected chi connectivity index (χ1v) is 9.53. The lowest BCUT2D eigenvalue weighted by molar-refractivity contribution is 0.235. The van der Waals surface area contributed by atoms with Gasteiger partial charge in [-0.1, -0.05) is 13.0 Å². The van der Waals surface area contributed by atoms with Crippen molar-refractivity contribution in [3.05, 3.63) is 57.0 Å². The van der Waals surface area contributed by atoms with Crippen LogP contribution in [0.4, 0.5) is 14.7 Å². The molecule has 144 valence electrons. The average molecular weight is 374 g/mol. The third-order valence-electron chi connectivity index (χ3n) is 5.54. The Kier molecular flexibility index (Phi) is 4.95. The summed E-state index contributed by atoms with van der Waals surface area (Å²) >= 11 is 0. The largest absolute Gasteiger partial charge is 0.342 e. The van der Waals surface area contributed by atoms with Gasteiger partial charge in [-0.15, -0.1) is 0 Å². The van der Waals surface area contributed by atoms with Gasteiger partial charge in [0.05, 0.1) is 11.3 Å². The summed E-state index contributed by atoms with van der Waals surface area (Å²) in [4.78, 5) is 24.3. The Bertz CT molecular complexity index is 878. The van der Waals surface area contributed by atoms with Gasteiger partial charge in [0.25, 0.3) is 5.56 Å². The fourth-order valence-electron chi connectivity index (χ4n) is 4.04. The Morgan fingerprint density at radius 2 is 2.04 bits per heavy atom. The molecule has 7 heteroatoms. The van der Waals surface area contributed by atoms with E-state index in [-0.39, 0.29) is 17.7 Å². The van der Waals surface area contributed by atoms with Crippen molar-refractivity contribution < 1.29 is 8.78 Å². The van der Waals surface area contributed by atoms with Gasteiger partial charge in [-0.25, -0.2) is 13.8 Å². The topological polar surface area (TPSA) is 52.2 Å². The first-order valence-electron chi connectivity index (χ1n) is 9.53. The molecule has 27 heavy (non-hydrogen) atoms. The fraction of sp³-hybridized carbons (Fsp3) is 0.500. The maximum absolute atomic E-state index is 13.9. The summed E-state index contributed by atoms with van der Waals surface area (Å²) in [6.07, 6.45) is 2.91. The van der Waals surface area contributed by atoms with Crippen LogP contribution < -0.4 is 10.5 Å². The van der Waals surface area contributed by atoms with Crippen molar-refractivity contribution in [3.63, 3.8) is 0 Å². The minimum atomic E-state index is -0.553. The molecule has 1 N–H and O–H groups in total. The van der Waals surface area contributed by atoms with E-state index in [0.29, 0.717) is 36.9 Å². The van der Waals surface area contributed by atoms with Gasteiger partial charge >= 0.3 is 0 Å². The molecule has 4 rings (SSSR count). The number of anilines is 1. The van der Waals surface area contributed by atoms with E-state index in [1.165, 1.54) is 24.6 Å². The van der Waals surface area contributed by atoms with Gasteiger partial charge in [0.15, 0.2) is 0 Å². The van der Waals surface area contributed by atoms with Gasteiger partial charge in [-0.05, 0) is 30.9 Å². The molecule has 1 aromatic heterocycles. The second kappa shape index (κ2) is 7.38. The van der Waals surface area contributed by atoms with Crippen LogP contribution in [-0.2, 0) is 19.5 Å². The number of hydrogen-bond donors (Lipinski definition) is 1. The zero-order valence-electron chi connectivity index (χ0n) is 15.5. The summed E-state index contributed by atoms with van der Waals surface area (Å²) in [7, 11) is 0. The molecule has 5 nitrogen and oxygen atoms in total. The number of nitrogens with zero attached hydrogens (tertiary/aromatic N) is 3. The van der Waals surface area contributed by atoms with E-state index in [4.69, 9.17) is 4.98 Å². The van der Waals surface area contributed by atoms with Crippen LogP contribution in [0.3, 0.4) is 0 Å². The lowest BCUT2D eigenvalue weighted by Crippen LogP contribution is -2.40. The molecular formula is C20H24F2N4O. The van der Waals surface area contributed by atoms with Crippen molar-refractivity contribution in [1.29, 1.82) is 0 Å². The van der Waals surface area contributed by atoms with Gasteiger partial charge < -0.3 is 4.90 Å². The fourth-order valence-corrected chi connectivity index (χ4v) is 4.04. The summed E-state index contributed by atoms with van der Waals surface area (Å²) in [6, 6.07) is 3.88. The first kappa shape index (κ1) is 18.1. The zero-order chi connectivity index (χ0) is 19.0. The molecule has 0 amide bonds. The van der Waals surface area contributed by atoms with Crippen LogP contribution in [0.2, 0.25) is 0 Å². The van der Waals surface area contributed by atoms with E-state index in [0.717, 1.165) is 25.2 Å². The number of rotatable bonds is 3. The molecular weight excluding hydrogens is 350 g/mol. The molecule has 1 unspecified atom stereocenters. The highest BCUT2D eigenvalue weighted by Gasteiger charge is 2.25. The van der Waals surface area contributed by atoms with E-state index in [2.05, 4.69) is 16.8 Å². The van der Waals surface area contributed by atoms with Crippen LogP contribution >= 0.6 is 0 Å². The molecule has 2 aliphatic heterocycles. The summed E-state index contributed by atoms with van der Waals surface area (Å²) < 4.78 is 27.8. The third kappa shape index (κ3) is 3.74. The van der Waals surface area contributed by atoms with E-state index in [9.17, 15) is 13.6 Å². The lowest BCUT2D eigenvalue weighted by Gasteiger charge is -2.33. The molecule has 3 heterocycles. The van der Waals surface area contributed by atoms with Crippen LogP contribution in [0.25, 0.3) is 0 Å². The first-order chi connectivity index (χ1) is 13.0. The Morgan fingerprint density at radius 1 is 1.26 bits per heavy atom. The van der Waals surface area contributed by atoms with Gasteiger partial charge in [-0.2, -0.15) is 0 Å². The highest BCUT2D eigenvalue weighted by Crippen LogP contribution is 2.23. The number of halogens is 2. The number of H-pyrrole nitrogens is 1. The predicted octanol–water partition coefficient (Wildman–Crippen LogP) is 2.84. The van der Waals surface area contributed by atoms with Crippen molar-refractivity contribution in [3.8, 4) is 0 Å². The molecule has 0 spiro atoms. The molecule has 0 radical (unpaired) electrons. The number of aromatic amines is 1. The monoisotopic (exact) mass is 374 g/mol. The van der Waals surface area contributed by atoms with Gasteiger partial charge in [0.2, 0.25) is 5.95 Å². The van der Waals surface area contributed by atoms with E-state index >= 15 is 0 Å². The van der Waals surface area contributed by atoms with Gasteiger partial charge in [0, 0.05) is 44.7 Å². The predicted molar refractivity (Wildman–Crippen MR) is 99.6 cm³/mol. The van der Waals surface area contributed by atoms with Crippen molar-refractivity contribution in [2.24, 2.45) is 5.92 Å². The van der Waals surface area contributed by atoms with Crippen molar-refractivity contribution in [2.45, 2.75) is 39.3 Å². The molecule has 2 aliphatic rings. The Morgan fingerprint density at radius 3 is 2.78 bits per heavy atom. The number of piperidine rings is 1. The number of benzene rings is 1. The average Bonchev–Trinajstić information content (AvgIpc) is 2.65. The summed E-state index contributed by atoms with van der Waals surface area (Å²) in [6.45, 7) is 5.13. The molecule has 1 aromatic carbocycles. The summed E-state index contributed by atoms with van der Waals surface area (Å²) in [5.74, 6) is 0.134. The highest BCUT2D eigenvalue weighted by atomic mass is 19.1. The van der Waals surface area contributed by atoms with E-state index in [1.807, 2.05) is 4.90 Å². The molecule has 0 bridgehead atoms. The van der Waals surface area contributed by atoms with Crippen molar-refractivity contribution >= 4 is 5.95 Å². The maximum Gasteiger partial charge on any atom is 0.257 e. The van der Waals surface area contributed by atoms with Crippen molar-refractivity contribution in [2.75, 3.05) is 24.5 Å². The number of hydrogen-bond acceptors (Lipinski definition) is 4. The minimum Gasteiger partial charge on any atom is -0.342 e. The molecule has 1 fully saturated rings. The molecule has 1 saturated heterocycles. The Labute approximate surface area is 157 Å². The summed E-state index contributed by atoms with van der Waals surface area (Å²) in [5.41, 5.74) is 1.31. The highest BCUT2D eigenvalue weighted by molar-refractivity contribution is 5.35. The van der Waals surface area contributed by atoms with Crippen LogP contribution in [0.1, 0.15) is 36.6 Å². The quantitative estimate of drug-likeness (QED) is 0.898. The number of aromatic nitrogens is 2. The number of nitrogens with one attached hydrogen (secondary N) is 1.